The largest absolute Gasteiger partial charge is 0.338 e. The Bertz CT molecular complexity index is 533. The number of benzene rings is 1. The molecule has 0 spiro atoms. The molecule has 0 radical (unpaired) electrons. The van der Waals surface area contributed by atoms with E-state index in [0.29, 0.717) is 0 Å². The smallest absolute Gasteiger partial charge is 0.240 e. The molecule has 1 heterocycles. The molecule has 1 aliphatic heterocycles. The summed E-state index contributed by atoms with van der Waals surface area (Å²) < 4.78 is 0. The predicted octanol–water partition coefficient (Wildman–Crippen LogP) is 2.48. The average molecular weight is 317 g/mol. The monoisotopic (exact) mass is 317 g/mol. The Morgan fingerprint density at radius 3 is 2.35 bits per heavy atom. The van der Waals surface area contributed by atoms with Gasteiger partial charge >= 0.3 is 0 Å². The third-order valence-electron chi connectivity index (χ3n) is 4.80. The second-order valence-corrected chi connectivity index (χ2v) is 8.32. The van der Waals surface area contributed by atoms with Crippen LogP contribution in [-0.2, 0) is 11.3 Å². The van der Waals surface area contributed by atoms with Crippen LogP contribution in [0.1, 0.15) is 40.2 Å². The highest BCUT2D eigenvalue weighted by Gasteiger charge is 2.39. The molecule has 1 aromatic carbocycles. The SMILES string of the molecule is CC(C)(C)[C@H](N)C(=O)N1CCN(Cc2ccccc2)C(C)(C)C1. The number of hydrogen-bond donors (Lipinski definition) is 1. The number of carbonyl (C=O) groups is 1. The molecule has 1 saturated heterocycles. The van der Waals surface area contributed by atoms with E-state index in [9.17, 15) is 4.79 Å². The van der Waals surface area contributed by atoms with Crippen molar-refractivity contribution in [2.75, 3.05) is 19.6 Å². The first-order valence-electron chi connectivity index (χ1n) is 8.44. The Labute approximate surface area is 140 Å². The molecule has 128 valence electrons. The van der Waals surface area contributed by atoms with E-state index < -0.39 is 6.04 Å². The van der Waals surface area contributed by atoms with Gasteiger partial charge < -0.3 is 10.6 Å². The van der Waals surface area contributed by atoms with E-state index in [4.69, 9.17) is 5.73 Å². The van der Waals surface area contributed by atoms with Crippen LogP contribution in [0.5, 0.6) is 0 Å². The van der Waals surface area contributed by atoms with Crippen molar-refractivity contribution in [2.45, 2.75) is 52.7 Å². The standard InChI is InChI=1S/C19H31N3O/c1-18(2,3)16(20)17(23)21-11-12-22(19(4,5)14-21)13-15-9-7-6-8-10-15/h6-10,16H,11-14,20H2,1-5H3/t16-/m1/s1. The zero-order valence-electron chi connectivity index (χ0n) is 15.2. The molecule has 1 aliphatic rings. The summed E-state index contributed by atoms with van der Waals surface area (Å²) in [5.41, 5.74) is 7.22. The van der Waals surface area contributed by atoms with Crippen molar-refractivity contribution >= 4 is 5.91 Å². The van der Waals surface area contributed by atoms with E-state index in [-0.39, 0.29) is 16.9 Å². The normalized spacial score (nSPS) is 20.3. The van der Waals surface area contributed by atoms with Crippen LogP contribution < -0.4 is 5.73 Å². The number of piperazine rings is 1. The van der Waals surface area contributed by atoms with Crippen LogP contribution in [0.2, 0.25) is 0 Å². The molecular weight excluding hydrogens is 286 g/mol. The Kier molecular flexibility index (Phi) is 5.17. The minimum Gasteiger partial charge on any atom is -0.338 e. The van der Waals surface area contributed by atoms with Gasteiger partial charge in [-0.3, -0.25) is 9.69 Å². The minimum atomic E-state index is -0.445. The highest BCUT2D eigenvalue weighted by Crippen LogP contribution is 2.26. The summed E-state index contributed by atoms with van der Waals surface area (Å²) in [6.07, 6.45) is 0. The van der Waals surface area contributed by atoms with Crippen molar-refractivity contribution in [2.24, 2.45) is 11.1 Å². The van der Waals surface area contributed by atoms with Crippen molar-refractivity contribution in [3.8, 4) is 0 Å². The molecule has 4 nitrogen and oxygen atoms in total. The van der Waals surface area contributed by atoms with Gasteiger partial charge in [0.05, 0.1) is 6.04 Å². The Hall–Kier alpha value is -1.39. The maximum atomic E-state index is 12.7. The summed E-state index contributed by atoms with van der Waals surface area (Å²) >= 11 is 0. The zero-order valence-corrected chi connectivity index (χ0v) is 15.2. The Balaban J connectivity index is 2.03. The average Bonchev–Trinajstić information content (AvgIpc) is 2.47. The molecule has 2 N–H and O–H groups in total. The summed E-state index contributed by atoms with van der Waals surface area (Å²) in [4.78, 5) is 17.1. The van der Waals surface area contributed by atoms with Gasteiger partial charge in [-0.1, -0.05) is 51.1 Å². The fourth-order valence-electron chi connectivity index (χ4n) is 3.04. The Morgan fingerprint density at radius 2 is 1.83 bits per heavy atom. The lowest BCUT2D eigenvalue weighted by Gasteiger charge is -2.48. The van der Waals surface area contributed by atoms with Crippen LogP contribution in [0, 0.1) is 5.41 Å². The van der Waals surface area contributed by atoms with Crippen LogP contribution in [0.15, 0.2) is 30.3 Å². The van der Waals surface area contributed by atoms with Gasteiger partial charge in [-0.25, -0.2) is 0 Å². The molecule has 0 bridgehead atoms. The quantitative estimate of drug-likeness (QED) is 0.932. The van der Waals surface area contributed by atoms with Gasteiger partial charge in [-0.15, -0.1) is 0 Å². The third kappa shape index (κ3) is 4.33. The van der Waals surface area contributed by atoms with Crippen LogP contribution >= 0.6 is 0 Å². The molecule has 23 heavy (non-hydrogen) atoms. The highest BCUT2D eigenvalue weighted by molar-refractivity contribution is 5.82. The number of nitrogens with zero attached hydrogens (tertiary/aromatic N) is 2. The molecule has 1 atom stereocenters. The summed E-state index contributed by atoms with van der Waals surface area (Å²) in [5.74, 6) is 0.0740. The molecule has 0 unspecified atom stereocenters. The van der Waals surface area contributed by atoms with Gasteiger partial charge in [0.1, 0.15) is 0 Å². The molecule has 1 amide bonds. The molecule has 0 saturated carbocycles. The van der Waals surface area contributed by atoms with Crippen molar-refractivity contribution < 1.29 is 4.79 Å². The third-order valence-corrected chi connectivity index (χ3v) is 4.80. The molecule has 1 fully saturated rings. The van der Waals surface area contributed by atoms with Gasteiger partial charge in [-0.2, -0.15) is 0 Å². The van der Waals surface area contributed by atoms with Crippen LogP contribution in [0.3, 0.4) is 0 Å². The van der Waals surface area contributed by atoms with Crippen molar-refractivity contribution in [1.29, 1.82) is 0 Å². The molecule has 0 aliphatic carbocycles. The van der Waals surface area contributed by atoms with Gasteiger partial charge in [0.25, 0.3) is 0 Å². The summed E-state index contributed by atoms with van der Waals surface area (Å²) in [6, 6.07) is 10.1. The number of carbonyl (C=O) groups excluding carboxylic acids is 1. The lowest BCUT2D eigenvalue weighted by molar-refractivity contribution is -0.140. The van der Waals surface area contributed by atoms with Gasteiger partial charge in [0.15, 0.2) is 0 Å². The van der Waals surface area contributed by atoms with E-state index in [1.165, 1.54) is 5.56 Å². The first kappa shape index (κ1) is 18.0. The van der Waals surface area contributed by atoms with Gasteiger partial charge in [-0.05, 0) is 24.8 Å². The zero-order chi connectivity index (χ0) is 17.3. The minimum absolute atomic E-state index is 0.0542. The summed E-state index contributed by atoms with van der Waals surface area (Å²) in [6.45, 7) is 13.7. The van der Waals surface area contributed by atoms with E-state index in [1.807, 2.05) is 31.7 Å². The molecule has 1 aromatic rings. The van der Waals surface area contributed by atoms with Crippen LogP contribution in [-0.4, -0.2) is 46.9 Å². The lowest BCUT2D eigenvalue weighted by Crippen LogP contribution is -2.63. The fourth-order valence-corrected chi connectivity index (χ4v) is 3.04. The second kappa shape index (κ2) is 6.62. The van der Waals surface area contributed by atoms with E-state index >= 15 is 0 Å². The predicted molar refractivity (Wildman–Crippen MR) is 94.9 cm³/mol. The highest BCUT2D eigenvalue weighted by atomic mass is 16.2. The van der Waals surface area contributed by atoms with Crippen molar-refractivity contribution in [3.63, 3.8) is 0 Å². The molecule has 4 heteroatoms. The molecule has 0 aromatic heterocycles. The first-order chi connectivity index (χ1) is 10.6. The van der Waals surface area contributed by atoms with E-state index in [1.54, 1.807) is 0 Å². The number of hydrogen-bond acceptors (Lipinski definition) is 3. The molecular formula is C19H31N3O. The van der Waals surface area contributed by atoms with E-state index in [0.717, 1.165) is 26.2 Å². The number of rotatable bonds is 3. The second-order valence-electron chi connectivity index (χ2n) is 8.32. The van der Waals surface area contributed by atoms with Crippen molar-refractivity contribution in [3.05, 3.63) is 35.9 Å². The maximum absolute atomic E-state index is 12.7. The van der Waals surface area contributed by atoms with Crippen molar-refractivity contribution in [1.82, 2.24) is 9.80 Å². The number of amides is 1. The van der Waals surface area contributed by atoms with E-state index in [2.05, 4.69) is 43.0 Å². The summed E-state index contributed by atoms with van der Waals surface area (Å²) in [5, 5.41) is 0. The van der Waals surface area contributed by atoms with Gasteiger partial charge in [0.2, 0.25) is 5.91 Å². The maximum Gasteiger partial charge on any atom is 0.240 e. The van der Waals surface area contributed by atoms with Crippen LogP contribution in [0.25, 0.3) is 0 Å². The topological polar surface area (TPSA) is 49.6 Å². The Morgan fingerprint density at radius 1 is 1.22 bits per heavy atom. The fraction of sp³-hybridized carbons (Fsp3) is 0.632. The summed E-state index contributed by atoms with van der Waals surface area (Å²) in [7, 11) is 0. The lowest BCUT2D eigenvalue weighted by atomic mass is 9.86. The first-order valence-corrected chi connectivity index (χ1v) is 8.44. The number of nitrogens with two attached hydrogens (primary N) is 1. The molecule has 2 rings (SSSR count). The van der Waals surface area contributed by atoms with Gasteiger partial charge in [0, 0.05) is 31.7 Å². The van der Waals surface area contributed by atoms with Crippen LogP contribution in [0.4, 0.5) is 0 Å².